The van der Waals surface area contributed by atoms with Gasteiger partial charge in [0.05, 0.1) is 29.3 Å². The molecule has 2 atom stereocenters. The molecule has 18 heavy (non-hydrogen) atoms. The van der Waals surface area contributed by atoms with Crippen LogP contribution < -0.4 is 10.2 Å². The third-order valence-corrected chi connectivity index (χ3v) is 6.51. The number of hydrogen-bond acceptors (Lipinski definition) is 5. The van der Waals surface area contributed by atoms with E-state index < -0.39 is 9.84 Å². The Kier molecular flexibility index (Phi) is 2.65. The first-order valence-corrected chi connectivity index (χ1v) is 8.66. The molecule has 0 saturated carbocycles. The molecule has 0 unspecified atom stereocenters. The molecule has 0 aromatic carbocycles. The van der Waals surface area contributed by atoms with Gasteiger partial charge < -0.3 is 5.32 Å². The third-order valence-electron chi connectivity index (χ3n) is 3.41. The Morgan fingerprint density at radius 3 is 2.78 bits per heavy atom. The molecule has 2 saturated heterocycles. The summed E-state index contributed by atoms with van der Waals surface area (Å²) in [6, 6.07) is -0.195. The molecule has 1 aromatic rings. The zero-order valence-corrected chi connectivity index (χ0v) is 12.5. The highest BCUT2D eigenvalue weighted by atomic mass is 32.2. The highest BCUT2D eigenvalue weighted by Crippen LogP contribution is 2.33. The van der Waals surface area contributed by atoms with E-state index >= 15 is 0 Å². The predicted octanol–water partition coefficient (Wildman–Crippen LogP) is 0.620. The SMILES string of the molecule is Cc1nc(N2C(=S)N[C@H]3CS(=O)(=O)C[C@H]32)sc1C. The van der Waals surface area contributed by atoms with Crippen LogP contribution in [0.25, 0.3) is 0 Å². The van der Waals surface area contributed by atoms with Gasteiger partial charge in [-0.1, -0.05) is 0 Å². The van der Waals surface area contributed by atoms with Gasteiger partial charge in [0.15, 0.2) is 20.1 Å². The Morgan fingerprint density at radius 2 is 2.17 bits per heavy atom. The quantitative estimate of drug-likeness (QED) is 0.768. The van der Waals surface area contributed by atoms with Crippen molar-refractivity contribution in [1.82, 2.24) is 10.3 Å². The molecular formula is C10H13N3O2S3. The van der Waals surface area contributed by atoms with Gasteiger partial charge in [0, 0.05) is 4.88 Å². The van der Waals surface area contributed by atoms with Gasteiger partial charge in [0.1, 0.15) is 0 Å². The average molecular weight is 303 g/mol. The van der Waals surface area contributed by atoms with E-state index in [9.17, 15) is 8.42 Å². The van der Waals surface area contributed by atoms with E-state index in [0.717, 1.165) is 15.7 Å². The van der Waals surface area contributed by atoms with E-state index in [1.165, 1.54) is 0 Å². The summed E-state index contributed by atoms with van der Waals surface area (Å²) >= 11 is 6.85. The summed E-state index contributed by atoms with van der Waals surface area (Å²) in [4.78, 5) is 7.48. The van der Waals surface area contributed by atoms with E-state index in [4.69, 9.17) is 12.2 Å². The molecule has 3 rings (SSSR count). The lowest BCUT2D eigenvalue weighted by Gasteiger charge is -2.19. The lowest BCUT2D eigenvalue weighted by molar-refractivity contribution is 0.600. The van der Waals surface area contributed by atoms with Crippen LogP contribution in [-0.2, 0) is 9.84 Å². The first-order valence-electron chi connectivity index (χ1n) is 5.61. The second-order valence-electron chi connectivity index (χ2n) is 4.71. The summed E-state index contributed by atoms with van der Waals surface area (Å²) < 4.78 is 23.3. The maximum Gasteiger partial charge on any atom is 0.192 e. The zero-order valence-electron chi connectivity index (χ0n) is 10.0. The lowest BCUT2D eigenvalue weighted by atomic mass is 10.2. The first kappa shape index (κ1) is 12.3. The van der Waals surface area contributed by atoms with Gasteiger partial charge in [-0.25, -0.2) is 13.4 Å². The molecule has 0 spiro atoms. The van der Waals surface area contributed by atoms with Crippen LogP contribution in [0.15, 0.2) is 0 Å². The molecular weight excluding hydrogens is 290 g/mol. The van der Waals surface area contributed by atoms with E-state index in [2.05, 4.69) is 10.3 Å². The molecule has 0 amide bonds. The fourth-order valence-corrected chi connectivity index (χ4v) is 5.68. The number of aromatic nitrogens is 1. The van der Waals surface area contributed by atoms with Crippen LogP contribution in [0, 0.1) is 13.8 Å². The van der Waals surface area contributed by atoms with Crippen LogP contribution in [0.4, 0.5) is 5.13 Å². The van der Waals surface area contributed by atoms with Crippen LogP contribution in [0.3, 0.4) is 0 Å². The Bertz CT molecular complexity index is 603. The van der Waals surface area contributed by atoms with E-state index in [-0.39, 0.29) is 23.6 Å². The van der Waals surface area contributed by atoms with Gasteiger partial charge in [-0.3, -0.25) is 4.90 Å². The zero-order chi connectivity index (χ0) is 13.1. The smallest absolute Gasteiger partial charge is 0.192 e. The molecule has 3 heterocycles. The number of sulfone groups is 1. The van der Waals surface area contributed by atoms with Gasteiger partial charge >= 0.3 is 0 Å². The van der Waals surface area contributed by atoms with Gasteiger partial charge in [0.25, 0.3) is 0 Å². The molecule has 98 valence electrons. The Hall–Kier alpha value is -0.730. The number of rotatable bonds is 1. The number of thiocarbonyl (C=S) groups is 1. The standard InChI is InChI=1S/C10H13N3O2S3/c1-5-6(2)17-10(11-5)13-8-4-18(14,15)3-7(8)12-9(13)16/h7-8H,3-4H2,1-2H3,(H,12,16)/t7-,8+/m0/s1. The van der Waals surface area contributed by atoms with Crippen molar-refractivity contribution in [3.63, 3.8) is 0 Å². The number of thiazole rings is 1. The maximum absolute atomic E-state index is 11.7. The summed E-state index contributed by atoms with van der Waals surface area (Å²) in [5.41, 5.74) is 0.974. The number of nitrogens with zero attached hydrogens (tertiary/aromatic N) is 2. The fraction of sp³-hybridized carbons (Fsp3) is 0.600. The molecule has 0 radical (unpaired) electrons. The lowest BCUT2D eigenvalue weighted by Crippen LogP contribution is -2.36. The van der Waals surface area contributed by atoms with Crippen molar-refractivity contribution >= 4 is 43.6 Å². The highest BCUT2D eigenvalue weighted by Gasteiger charge is 2.48. The Labute approximate surface area is 115 Å². The Balaban J connectivity index is 1.99. The molecule has 2 fully saturated rings. The van der Waals surface area contributed by atoms with Gasteiger partial charge in [-0.05, 0) is 26.1 Å². The summed E-state index contributed by atoms with van der Waals surface area (Å²) in [5.74, 6) is 0.320. The molecule has 1 aromatic heterocycles. The number of hydrogen-bond donors (Lipinski definition) is 1. The predicted molar refractivity (Wildman–Crippen MR) is 76.0 cm³/mol. The highest BCUT2D eigenvalue weighted by molar-refractivity contribution is 7.91. The number of nitrogens with one attached hydrogen (secondary N) is 1. The number of aryl methyl sites for hydroxylation is 2. The van der Waals surface area contributed by atoms with E-state index in [1.54, 1.807) is 11.3 Å². The van der Waals surface area contributed by atoms with Crippen LogP contribution >= 0.6 is 23.6 Å². The normalized spacial score (nSPS) is 29.4. The molecule has 1 N–H and O–H groups in total. The molecule has 2 aliphatic heterocycles. The van der Waals surface area contributed by atoms with Crippen LogP contribution in [0.1, 0.15) is 10.6 Å². The number of fused-ring (bicyclic) bond motifs is 1. The minimum atomic E-state index is -2.96. The third kappa shape index (κ3) is 1.83. The van der Waals surface area contributed by atoms with Crippen molar-refractivity contribution in [2.75, 3.05) is 16.4 Å². The average Bonchev–Trinajstić information content (AvgIpc) is 2.77. The second-order valence-corrected chi connectivity index (χ2v) is 8.43. The molecule has 5 nitrogen and oxygen atoms in total. The van der Waals surface area contributed by atoms with Crippen molar-refractivity contribution in [1.29, 1.82) is 0 Å². The first-order chi connectivity index (χ1) is 8.37. The topological polar surface area (TPSA) is 62.3 Å². The van der Waals surface area contributed by atoms with E-state index in [0.29, 0.717) is 5.11 Å². The summed E-state index contributed by atoms with van der Waals surface area (Å²) in [7, 11) is -2.96. The molecule has 8 heteroatoms. The molecule has 0 bridgehead atoms. The minimum absolute atomic E-state index is 0.0907. The largest absolute Gasteiger partial charge is 0.356 e. The summed E-state index contributed by atoms with van der Waals surface area (Å²) in [6.45, 7) is 3.96. The van der Waals surface area contributed by atoms with Crippen LogP contribution in [0.2, 0.25) is 0 Å². The van der Waals surface area contributed by atoms with Crippen molar-refractivity contribution in [2.24, 2.45) is 0 Å². The maximum atomic E-state index is 11.7. The molecule has 2 aliphatic rings. The number of anilines is 1. The minimum Gasteiger partial charge on any atom is -0.356 e. The van der Waals surface area contributed by atoms with Crippen molar-refractivity contribution in [2.45, 2.75) is 25.9 Å². The summed E-state index contributed by atoms with van der Waals surface area (Å²) in [6.07, 6.45) is 0. The van der Waals surface area contributed by atoms with Crippen molar-refractivity contribution in [3.05, 3.63) is 10.6 Å². The van der Waals surface area contributed by atoms with Crippen molar-refractivity contribution in [3.8, 4) is 0 Å². The second kappa shape index (κ2) is 3.88. The van der Waals surface area contributed by atoms with Gasteiger partial charge in [0.2, 0.25) is 0 Å². The van der Waals surface area contributed by atoms with Crippen molar-refractivity contribution < 1.29 is 8.42 Å². The van der Waals surface area contributed by atoms with Crippen LogP contribution in [0.5, 0.6) is 0 Å². The van der Waals surface area contributed by atoms with E-state index in [1.807, 2.05) is 18.7 Å². The van der Waals surface area contributed by atoms with Gasteiger partial charge in [-0.2, -0.15) is 0 Å². The molecule has 0 aliphatic carbocycles. The fourth-order valence-electron chi connectivity index (χ4n) is 2.39. The Morgan fingerprint density at radius 1 is 1.44 bits per heavy atom. The summed E-state index contributed by atoms with van der Waals surface area (Å²) in [5, 5.41) is 4.48. The van der Waals surface area contributed by atoms with Crippen LogP contribution in [-0.4, -0.2) is 42.1 Å². The van der Waals surface area contributed by atoms with Gasteiger partial charge in [-0.15, -0.1) is 11.3 Å². The monoisotopic (exact) mass is 303 g/mol.